The minimum atomic E-state index is -0.447. The van der Waals surface area contributed by atoms with Crippen LogP contribution in [0.3, 0.4) is 0 Å². The number of hydrogen-bond acceptors (Lipinski definition) is 3. The maximum atomic E-state index is 9.80. The van der Waals surface area contributed by atoms with E-state index in [1.807, 2.05) is 19.1 Å². The molecule has 0 heterocycles. The summed E-state index contributed by atoms with van der Waals surface area (Å²) in [4.78, 5) is 2.45. The van der Waals surface area contributed by atoms with Crippen molar-refractivity contribution < 1.29 is 9.84 Å². The number of hydrogen-bond donors (Lipinski definition) is 1. The second-order valence-electron chi connectivity index (χ2n) is 6.39. The highest BCUT2D eigenvalue weighted by Gasteiger charge is 2.16. The van der Waals surface area contributed by atoms with Gasteiger partial charge in [-0.1, -0.05) is 19.9 Å². The Bertz CT molecular complexity index is 427. The first-order chi connectivity index (χ1) is 9.85. The van der Waals surface area contributed by atoms with Gasteiger partial charge >= 0.3 is 0 Å². The molecule has 0 bridgehead atoms. The third-order valence-electron chi connectivity index (χ3n) is 3.57. The molecule has 21 heavy (non-hydrogen) atoms. The molecule has 3 heteroatoms. The van der Waals surface area contributed by atoms with Gasteiger partial charge in [-0.05, 0) is 51.3 Å². The van der Waals surface area contributed by atoms with Crippen LogP contribution in [0.2, 0.25) is 0 Å². The molecule has 0 spiro atoms. The minimum absolute atomic E-state index is 0.447. The van der Waals surface area contributed by atoms with E-state index >= 15 is 0 Å². The molecule has 0 amide bonds. The van der Waals surface area contributed by atoms with Gasteiger partial charge in [0.05, 0.1) is 12.7 Å². The highest BCUT2D eigenvalue weighted by Crippen LogP contribution is 2.26. The van der Waals surface area contributed by atoms with E-state index in [-0.39, 0.29) is 0 Å². The summed E-state index contributed by atoms with van der Waals surface area (Å²) in [5.41, 5.74) is 2.10. The second kappa shape index (κ2) is 8.40. The Morgan fingerprint density at radius 1 is 1.14 bits per heavy atom. The first-order valence-electron chi connectivity index (χ1n) is 8.02. The Hall–Kier alpha value is -1.06. The standard InChI is InChI=1S/C18H31NO2/c1-7-21-18-9-8-16(15(6)20)10-17(18)12-19(14(4)5)11-13(2)3/h8-10,13-15,20H,7,11-12H2,1-6H3. The van der Waals surface area contributed by atoms with Crippen molar-refractivity contribution in [2.45, 2.75) is 60.2 Å². The molecule has 0 radical (unpaired) electrons. The molecule has 120 valence electrons. The van der Waals surface area contributed by atoms with Crippen molar-refractivity contribution in [1.29, 1.82) is 0 Å². The van der Waals surface area contributed by atoms with E-state index in [2.05, 4.69) is 38.7 Å². The third kappa shape index (κ3) is 5.68. The Morgan fingerprint density at radius 3 is 2.29 bits per heavy atom. The molecule has 0 aromatic heterocycles. The number of rotatable bonds is 8. The van der Waals surface area contributed by atoms with Gasteiger partial charge in [0.2, 0.25) is 0 Å². The summed E-state index contributed by atoms with van der Waals surface area (Å²) >= 11 is 0. The predicted molar refractivity (Wildman–Crippen MR) is 88.6 cm³/mol. The van der Waals surface area contributed by atoms with Gasteiger partial charge in [-0.25, -0.2) is 0 Å². The van der Waals surface area contributed by atoms with Crippen LogP contribution in [0.4, 0.5) is 0 Å². The SMILES string of the molecule is CCOc1ccc(C(C)O)cc1CN(CC(C)C)C(C)C. The van der Waals surface area contributed by atoms with Crippen LogP contribution in [0, 0.1) is 5.92 Å². The average Bonchev–Trinajstić information content (AvgIpc) is 2.39. The van der Waals surface area contributed by atoms with Gasteiger partial charge in [-0.15, -0.1) is 0 Å². The molecule has 0 aliphatic rings. The van der Waals surface area contributed by atoms with Gasteiger partial charge in [-0.3, -0.25) is 4.90 Å². The molecule has 1 rings (SSSR count). The zero-order chi connectivity index (χ0) is 16.0. The normalized spacial score (nSPS) is 13.2. The van der Waals surface area contributed by atoms with Crippen molar-refractivity contribution in [2.24, 2.45) is 5.92 Å². The van der Waals surface area contributed by atoms with Crippen LogP contribution < -0.4 is 4.74 Å². The molecule has 0 saturated heterocycles. The molecule has 0 fully saturated rings. The maximum Gasteiger partial charge on any atom is 0.123 e. The Morgan fingerprint density at radius 2 is 1.81 bits per heavy atom. The van der Waals surface area contributed by atoms with Gasteiger partial charge in [-0.2, -0.15) is 0 Å². The second-order valence-corrected chi connectivity index (χ2v) is 6.39. The van der Waals surface area contributed by atoms with E-state index in [9.17, 15) is 5.11 Å². The van der Waals surface area contributed by atoms with Crippen LogP contribution in [0.25, 0.3) is 0 Å². The lowest BCUT2D eigenvalue weighted by atomic mass is 10.0. The van der Waals surface area contributed by atoms with E-state index in [1.54, 1.807) is 6.92 Å². The van der Waals surface area contributed by atoms with Crippen molar-refractivity contribution >= 4 is 0 Å². The zero-order valence-corrected chi connectivity index (χ0v) is 14.4. The Balaban J connectivity index is 3.03. The van der Waals surface area contributed by atoms with Crippen LogP contribution in [0.5, 0.6) is 5.75 Å². The molecular formula is C18H31NO2. The summed E-state index contributed by atoms with van der Waals surface area (Å²) in [6, 6.07) is 6.48. The van der Waals surface area contributed by atoms with E-state index in [0.29, 0.717) is 18.6 Å². The first-order valence-corrected chi connectivity index (χ1v) is 8.02. The van der Waals surface area contributed by atoms with Gasteiger partial charge in [0, 0.05) is 24.7 Å². The number of benzene rings is 1. The number of aliphatic hydroxyl groups excluding tert-OH is 1. The van der Waals surface area contributed by atoms with Crippen molar-refractivity contribution in [2.75, 3.05) is 13.2 Å². The largest absolute Gasteiger partial charge is 0.494 e. The number of aliphatic hydroxyl groups is 1. The van der Waals surface area contributed by atoms with Crippen LogP contribution in [0.1, 0.15) is 58.8 Å². The fourth-order valence-corrected chi connectivity index (χ4v) is 2.42. The molecular weight excluding hydrogens is 262 g/mol. The third-order valence-corrected chi connectivity index (χ3v) is 3.57. The number of ether oxygens (including phenoxy) is 1. The summed E-state index contributed by atoms with van der Waals surface area (Å²) in [7, 11) is 0. The zero-order valence-electron chi connectivity index (χ0n) is 14.4. The fourth-order valence-electron chi connectivity index (χ4n) is 2.42. The van der Waals surface area contributed by atoms with Crippen molar-refractivity contribution in [3.63, 3.8) is 0 Å². The average molecular weight is 293 g/mol. The molecule has 1 aromatic rings. The molecule has 0 aliphatic carbocycles. The molecule has 3 nitrogen and oxygen atoms in total. The summed E-state index contributed by atoms with van der Waals surface area (Å²) in [5.74, 6) is 1.55. The molecule has 0 aliphatic heterocycles. The van der Waals surface area contributed by atoms with Gasteiger partial charge in [0.1, 0.15) is 5.75 Å². The summed E-state index contributed by atoms with van der Waals surface area (Å²) in [5, 5.41) is 9.80. The summed E-state index contributed by atoms with van der Waals surface area (Å²) in [6.45, 7) is 15.3. The van der Waals surface area contributed by atoms with Crippen LogP contribution >= 0.6 is 0 Å². The van der Waals surface area contributed by atoms with Gasteiger partial charge in [0.15, 0.2) is 0 Å². The highest BCUT2D eigenvalue weighted by atomic mass is 16.5. The summed E-state index contributed by atoms with van der Waals surface area (Å²) < 4.78 is 5.75. The molecule has 0 saturated carbocycles. The van der Waals surface area contributed by atoms with Crippen molar-refractivity contribution in [1.82, 2.24) is 4.90 Å². The van der Waals surface area contributed by atoms with E-state index in [0.717, 1.165) is 30.0 Å². The maximum absolute atomic E-state index is 9.80. The highest BCUT2D eigenvalue weighted by molar-refractivity contribution is 5.38. The molecule has 1 aromatic carbocycles. The van der Waals surface area contributed by atoms with E-state index < -0.39 is 6.10 Å². The smallest absolute Gasteiger partial charge is 0.123 e. The molecule has 1 unspecified atom stereocenters. The van der Waals surface area contributed by atoms with Crippen molar-refractivity contribution in [3.8, 4) is 5.75 Å². The van der Waals surface area contributed by atoms with Gasteiger partial charge in [0.25, 0.3) is 0 Å². The van der Waals surface area contributed by atoms with Gasteiger partial charge < -0.3 is 9.84 Å². The summed E-state index contributed by atoms with van der Waals surface area (Å²) in [6.07, 6.45) is -0.447. The lowest BCUT2D eigenvalue weighted by Crippen LogP contribution is -2.33. The van der Waals surface area contributed by atoms with Crippen molar-refractivity contribution in [3.05, 3.63) is 29.3 Å². The fraction of sp³-hybridized carbons (Fsp3) is 0.667. The monoisotopic (exact) mass is 293 g/mol. The minimum Gasteiger partial charge on any atom is -0.494 e. The lowest BCUT2D eigenvalue weighted by Gasteiger charge is -2.29. The molecule has 1 atom stereocenters. The van der Waals surface area contributed by atoms with E-state index in [4.69, 9.17) is 4.74 Å². The van der Waals surface area contributed by atoms with Crippen LogP contribution in [-0.2, 0) is 6.54 Å². The lowest BCUT2D eigenvalue weighted by molar-refractivity contribution is 0.184. The Labute approximate surface area is 129 Å². The number of nitrogens with zero attached hydrogens (tertiary/aromatic N) is 1. The van der Waals surface area contributed by atoms with Crippen LogP contribution in [0.15, 0.2) is 18.2 Å². The molecule has 1 N–H and O–H groups in total. The predicted octanol–water partition coefficient (Wildman–Crippen LogP) is 4.01. The van der Waals surface area contributed by atoms with E-state index in [1.165, 1.54) is 0 Å². The van der Waals surface area contributed by atoms with Crippen LogP contribution in [-0.4, -0.2) is 29.2 Å². The first kappa shape index (κ1) is 18.0. The topological polar surface area (TPSA) is 32.7 Å². The Kier molecular flexibility index (Phi) is 7.20. The quantitative estimate of drug-likeness (QED) is 0.786.